The van der Waals surface area contributed by atoms with Crippen LogP contribution in [0.5, 0.6) is 0 Å². The first-order chi connectivity index (χ1) is 6.79. The van der Waals surface area contributed by atoms with Crippen LogP contribution in [0, 0.1) is 0 Å². The standard InChI is InChI=1S/C8H7BN2O3/c12-9(13)7-4-2-1-3-6(7)8-5-14-11-10-8/h1-5,12-13H. The lowest BCUT2D eigenvalue weighted by Gasteiger charge is -2.03. The first-order valence-electron chi connectivity index (χ1n) is 4.01. The van der Waals surface area contributed by atoms with Crippen molar-refractivity contribution in [2.75, 3.05) is 0 Å². The summed E-state index contributed by atoms with van der Waals surface area (Å²) in [6.45, 7) is 0. The molecule has 2 aromatic rings. The van der Waals surface area contributed by atoms with E-state index >= 15 is 0 Å². The zero-order chi connectivity index (χ0) is 9.97. The van der Waals surface area contributed by atoms with Crippen molar-refractivity contribution in [3.63, 3.8) is 0 Å². The minimum absolute atomic E-state index is 0.378. The lowest BCUT2D eigenvalue weighted by atomic mass is 9.76. The Bertz CT molecular complexity index is 416. The first-order valence-corrected chi connectivity index (χ1v) is 4.01. The van der Waals surface area contributed by atoms with Gasteiger partial charge in [-0.05, 0) is 5.46 Å². The van der Waals surface area contributed by atoms with Gasteiger partial charge in [0.1, 0.15) is 5.69 Å². The van der Waals surface area contributed by atoms with E-state index in [1.807, 2.05) is 0 Å². The Kier molecular flexibility index (Phi) is 2.30. The molecule has 0 aliphatic rings. The molecule has 0 atom stereocenters. The van der Waals surface area contributed by atoms with Gasteiger partial charge >= 0.3 is 7.12 Å². The molecule has 0 unspecified atom stereocenters. The number of nitrogens with zero attached hydrogens (tertiary/aromatic N) is 2. The zero-order valence-corrected chi connectivity index (χ0v) is 7.16. The molecule has 0 fully saturated rings. The highest BCUT2D eigenvalue weighted by atomic mass is 16.5. The van der Waals surface area contributed by atoms with E-state index in [9.17, 15) is 0 Å². The maximum absolute atomic E-state index is 9.08. The number of aromatic nitrogens is 2. The number of hydrogen-bond acceptors (Lipinski definition) is 5. The van der Waals surface area contributed by atoms with Crippen LogP contribution < -0.4 is 5.46 Å². The minimum Gasteiger partial charge on any atom is -0.423 e. The Morgan fingerprint density at radius 3 is 2.64 bits per heavy atom. The fraction of sp³-hybridized carbons (Fsp3) is 0. The number of benzene rings is 1. The molecule has 0 radical (unpaired) electrons. The smallest absolute Gasteiger partial charge is 0.423 e. The van der Waals surface area contributed by atoms with Crippen LogP contribution in [-0.2, 0) is 0 Å². The van der Waals surface area contributed by atoms with Crippen LogP contribution in [-0.4, -0.2) is 27.5 Å². The van der Waals surface area contributed by atoms with Crippen molar-refractivity contribution in [1.29, 1.82) is 0 Å². The molecule has 2 rings (SSSR count). The van der Waals surface area contributed by atoms with Crippen LogP contribution in [0.15, 0.2) is 35.1 Å². The molecule has 0 aliphatic carbocycles. The van der Waals surface area contributed by atoms with Gasteiger partial charge < -0.3 is 14.6 Å². The second kappa shape index (κ2) is 3.61. The Morgan fingerprint density at radius 2 is 2.00 bits per heavy atom. The first kappa shape index (κ1) is 8.92. The topological polar surface area (TPSA) is 79.4 Å². The summed E-state index contributed by atoms with van der Waals surface area (Å²) < 4.78 is 4.58. The average molecular weight is 190 g/mol. The highest BCUT2D eigenvalue weighted by Gasteiger charge is 2.17. The van der Waals surface area contributed by atoms with Gasteiger partial charge in [0, 0.05) is 10.8 Å². The molecule has 1 aromatic heterocycles. The summed E-state index contributed by atoms with van der Waals surface area (Å²) in [5.41, 5.74) is 1.46. The Labute approximate surface area is 80.1 Å². The molecule has 0 saturated carbocycles. The van der Waals surface area contributed by atoms with Gasteiger partial charge in [-0.3, -0.25) is 0 Å². The molecule has 14 heavy (non-hydrogen) atoms. The molecule has 70 valence electrons. The molecule has 1 heterocycles. The maximum Gasteiger partial charge on any atom is 0.489 e. The van der Waals surface area contributed by atoms with Crippen molar-refractivity contribution in [2.45, 2.75) is 0 Å². The molecular formula is C8H7BN2O3. The average Bonchev–Trinajstić information content (AvgIpc) is 2.70. The predicted molar refractivity (Wildman–Crippen MR) is 49.6 cm³/mol. The highest BCUT2D eigenvalue weighted by Crippen LogP contribution is 2.13. The van der Waals surface area contributed by atoms with E-state index in [4.69, 9.17) is 10.0 Å². The van der Waals surface area contributed by atoms with Gasteiger partial charge in [0.25, 0.3) is 0 Å². The van der Waals surface area contributed by atoms with Crippen molar-refractivity contribution in [1.82, 2.24) is 10.4 Å². The van der Waals surface area contributed by atoms with Crippen molar-refractivity contribution >= 4 is 12.6 Å². The van der Waals surface area contributed by atoms with Crippen LogP contribution in [0.1, 0.15) is 0 Å². The van der Waals surface area contributed by atoms with Gasteiger partial charge in [-0.25, -0.2) is 0 Å². The normalized spacial score (nSPS) is 10.1. The molecular weight excluding hydrogens is 183 g/mol. The lowest BCUT2D eigenvalue weighted by Crippen LogP contribution is -2.31. The summed E-state index contributed by atoms with van der Waals surface area (Å²) in [5.74, 6) is 0. The molecule has 0 saturated heterocycles. The SMILES string of the molecule is OB(O)c1ccccc1-c1conn1. The van der Waals surface area contributed by atoms with Gasteiger partial charge in [-0.15, -0.1) is 5.10 Å². The Balaban J connectivity index is 2.53. The van der Waals surface area contributed by atoms with Crippen molar-refractivity contribution in [3.05, 3.63) is 30.5 Å². The van der Waals surface area contributed by atoms with Crippen molar-refractivity contribution in [2.24, 2.45) is 0 Å². The summed E-state index contributed by atoms with van der Waals surface area (Å²) in [7, 11) is -1.53. The Hall–Kier alpha value is -1.66. The third kappa shape index (κ3) is 1.52. The van der Waals surface area contributed by atoms with Gasteiger partial charge in [-0.1, -0.05) is 24.3 Å². The summed E-state index contributed by atoms with van der Waals surface area (Å²) in [4.78, 5) is 0. The van der Waals surface area contributed by atoms with E-state index in [2.05, 4.69) is 14.9 Å². The highest BCUT2D eigenvalue weighted by molar-refractivity contribution is 6.60. The fourth-order valence-corrected chi connectivity index (χ4v) is 1.24. The van der Waals surface area contributed by atoms with Crippen LogP contribution in [0.25, 0.3) is 11.3 Å². The molecule has 1 aromatic carbocycles. The van der Waals surface area contributed by atoms with Gasteiger partial charge in [-0.2, -0.15) is 0 Å². The third-order valence-electron chi connectivity index (χ3n) is 1.87. The van der Waals surface area contributed by atoms with E-state index in [1.54, 1.807) is 24.3 Å². The molecule has 0 bridgehead atoms. The minimum atomic E-state index is -1.53. The lowest BCUT2D eigenvalue weighted by molar-refractivity contribution is 0.393. The van der Waals surface area contributed by atoms with Crippen LogP contribution in [0.2, 0.25) is 0 Å². The molecule has 0 spiro atoms. The monoisotopic (exact) mass is 190 g/mol. The summed E-state index contributed by atoms with van der Waals surface area (Å²) in [6.07, 6.45) is 1.35. The molecule has 0 amide bonds. The second-order valence-electron chi connectivity index (χ2n) is 2.75. The zero-order valence-electron chi connectivity index (χ0n) is 7.16. The maximum atomic E-state index is 9.08. The third-order valence-corrected chi connectivity index (χ3v) is 1.87. The molecule has 6 heteroatoms. The van der Waals surface area contributed by atoms with Gasteiger partial charge in [0.2, 0.25) is 0 Å². The quantitative estimate of drug-likeness (QED) is 0.619. The van der Waals surface area contributed by atoms with Gasteiger partial charge in [0.05, 0.1) is 0 Å². The van der Waals surface area contributed by atoms with Gasteiger partial charge in [0.15, 0.2) is 6.26 Å². The largest absolute Gasteiger partial charge is 0.489 e. The molecule has 2 N–H and O–H groups in total. The van der Waals surface area contributed by atoms with Crippen LogP contribution >= 0.6 is 0 Å². The number of hydrogen-bond donors (Lipinski definition) is 2. The predicted octanol–water partition coefficient (Wildman–Crippen LogP) is -0.584. The van der Waals surface area contributed by atoms with Crippen LogP contribution in [0.4, 0.5) is 0 Å². The van der Waals surface area contributed by atoms with E-state index in [0.717, 1.165) is 0 Å². The second-order valence-corrected chi connectivity index (χ2v) is 2.75. The van der Waals surface area contributed by atoms with Crippen molar-refractivity contribution < 1.29 is 14.6 Å². The van der Waals surface area contributed by atoms with E-state index in [-0.39, 0.29) is 0 Å². The summed E-state index contributed by atoms with van der Waals surface area (Å²) in [5, 5.41) is 25.2. The summed E-state index contributed by atoms with van der Waals surface area (Å²) in [6, 6.07) is 6.81. The molecule has 5 nitrogen and oxygen atoms in total. The fourth-order valence-electron chi connectivity index (χ4n) is 1.24. The van der Waals surface area contributed by atoms with E-state index < -0.39 is 7.12 Å². The van der Waals surface area contributed by atoms with E-state index in [0.29, 0.717) is 16.7 Å². The van der Waals surface area contributed by atoms with E-state index in [1.165, 1.54) is 6.26 Å². The Morgan fingerprint density at radius 1 is 1.21 bits per heavy atom. The molecule has 0 aliphatic heterocycles. The summed E-state index contributed by atoms with van der Waals surface area (Å²) >= 11 is 0. The number of rotatable bonds is 2. The van der Waals surface area contributed by atoms with Crippen LogP contribution in [0.3, 0.4) is 0 Å². The van der Waals surface area contributed by atoms with Crippen molar-refractivity contribution in [3.8, 4) is 11.3 Å².